The van der Waals surface area contributed by atoms with Gasteiger partial charge in [-0.3, -0.25) is 4.79 Å². The first kappa shape index (κ1) is 18.0. The standard InChI is InChI=1S/C21H23NO4/c1-25-18-10-8-17(9-11-18)15-22-19(23)14-21(22,20(24)26-2)13-12-16-6-4-3-5-7-16/h3-11H,12-15H2,1-2H3/t21-/m0/s1. The summed E-state index contributed by atoms with van der Waals surface area (Å²) < 4.78 is 10.2. The third kappa shape index (κ3) is 3.43. The largest absolute Gasteiger partial charge is 0.497 e. The predicted octanol–water partition coefficient (Wildman–Crippen LogP) is 2.97. The average molecular weight is 353 g/mol. The zero-order valence-corrected chi connectivity index (χ0v) is 15.1. The summed E-state index contributed by atoms with van der Waals surface area (Å²) in [6.45, 7) is 0.382. The van der Waals surface area contributed by atoms with Crippen molar-refractivity contribution >= 4 is 11.9 Å². The van der Waals surface area contributed by atoms with Crippen molar-refractivity contribution in [2.45, 2.75) is 31.3 Å². The van der Waals surface area contributed by atoms with Crippen LogP contribution in [0, 0.1) is 0 Å². The number of likely N-dealkylation sites (tertiary alicyclic amines) is 1. The smallest absolute Gasteiger partial charge is 0.332 e. The molecule has 0 unspecified atom stereocenters. The van der Waals surface area contributed by atoms with Crippen molar-refractivity contribution in [1.29, 1.82) is 0 Å². The van der Waals surface area contributed by atoms with Crippen molar-refractivity contribution in [3.8, 4) is 5.75 Å². The third-order valence-electron chi connectivity index (χ3n) is 5.00. The zero-order chi connectivity index (χ0) is 18.6. The molecule has 5 heteroatoms. The number of hydrogen-bond acceptors (Lipinski definition) is 4. The normalized spacial score (nSPS) is 19.0. The second-order valence-electron chi connectivity index (χ2n) is 6.51. The van der Waals surface area contributed by atoms with Crippen molar-refractivity contribution in [1.82, 2.24) is 4.90 Å². The minimum atomic E-state index is -0.887. The molecule has 136 valence electrons. The summed E-state index contributed by atoms with van der Waals surface area (Å²) in [5, 5.41) is 0. The summed E-state index contributed by atoms with van der Waals surface area (Å²) in [5.74, 6) is 0.382. The number of aryl methyl sites for hydroxylation is 1. The molecule has 2 aromatic carbocycles. The lowest BCUT2D eigenvalue weighted by Crippen LogP contribution is -2.67. The number of benzene rings is 2. The Morgan fingerprint density at radius 3 is 2.31 bits per heavy atom. The molecule has 1 fully saturated rings. The number of carbonyl (C=O) groups excluding carboxylic acids is 2. The number of hydrogen-bond donors (Lipinski definition) is 0. The predicted molar refractivity (Wildman–Crippen MR) is 97.7 cm³/mol. The number of methoxy groups -OCH3 is 2. The van der Waals surface area contributed by atoms with E-state index in [1.54, 1.807) is 12.0 Å². The van der Waals surface area contributed by atoms with Gasteiger partial charge < -0.3 is 14.4 Å². The third-order valence-corrected chi connectivity index (χ3v) is 5.00. The van der Waals surface area contributed by atoms with Crippen LogP contribution < -0.4 is 4.74 Å². The van der Waals surface area contributed by atoms with Gasteiger partial charge in [-0.1, -0.05) is 42.5 Å². The lowest BCUT2D eigenvalue weighted by molar-refractivity contribution is -0.180. The van der Waals surface area contributed by atoms with Gasteiger partial charge in [0.2, 0.25) is 5.91 Å². The van der Waals surface area contributed by atoms with Crippen molar-refractivity contribution in [3.05, 3.63) is 65.7 Å². The maximum Gasteiger partial charge on any atom is 0.332 e. The van der Waals surface area contributed by atoms with Crippen LogP contribution in [0.3, 0.4) is 0 Å². The molecule has 0 radical (unpaired) electrons. The second-order valence-corrected chi connectivity index (χ2v) is 6.51. The first-order chi connectivity index (χ1) is 12.6. The van der Waals surface area contributed by atoms with Crippen molar-refractivity contribution in [2.24, 2.45) is 0 Å². The van der Waals surface area contributed by atoms with Gasteiger partial charge in [0.15, 0.2) is 0 Å². The number of carbonyl (C=O) groups is 2. The Balaban J connectivity index is 1.78. The molecule has 1 heterocycles. The molecule has 1 aliphatic rings. The molecule has 1 saturated heterocycles. The van der Waals surface area contributed by atoms with Gasteiger partial charge in [-0.15, -0.1) is 0 Å². The van der Waals surface area contributed by atoms with Gasteiger partial charge in [0.1, 0.15) is 11.3 Å². The van der Waals surface area contributed by atoms with E-state index in [0.29, 0.717) is 19.4 Å². The van der Waals surface area contributed by atoms with E-state index >= 15 is 0 Å². The van der Waals surface area contributed by atoms with E-state index in [1.807, 2.05) is 54.6 Å². The summed E-state index contributed by atoms with van der Waals surface area (Å²) >= 11 is 0. The minimum absolute atomic E-state index is 0.0284. The van der Waals surface area contributed by atoms with Crippen LogP contribution in [-0.2, 0) is 27.3 Å². The van der Waals surface area contributed by atoms with E-state index in [4.69, 9.17) is 9.47 Å². The molecule has 0 N–H and O–H groups in total. The van der Waals surface area contributed by atoms with Crippen LogP contribution >= 0.6 is 0 Å². The fraction of sp³-hybridized carbons (Fsp3) is 0.333. The first-order valence-corrected chi connectivity index (χ1v) is 8.65. The molecule has 0 saturated carbocycles. The molecule has 0 bridgehead atoms. The fourth-order valence-electron chi connectivity index (χ4n) is 3.44. The summed E-state index contributed by atoms with van der Waals surface area (Å²) in [6, 6.07) is 17.5. The first-order valence-electron chi connectivity index (χ1n) is 8.65. The van der Waals surface area contributed by atoms with Gasteiger partial charge in [-0.2, -0.15) is 0 Å². The molecule has 0 aliphatic carbocycles. The lowest BCUT2D eigenvalue weighted by atomic mass is 9.78. The highest BCUT2D eigenvalue weighted by Crippen LogP contribution is 2.39. The number of rotatable bonds is 7. The summed E-state index contributed by atoms with van der Waals surface area (Å²) in [5.41, 5.74) is 1.20. The van der Waals surface area contributed by atoms with Gasteiger partial charge in [0.05, 0.1) is 20.6 Å². The zero-order valence-electron chi connectivity index (χ0n) is 15.1. The highest BCUT2D eigenvalue weighted by atomic mass is 16.5. The lowest BCUT2D eigenvalue weighted by Gasteiger charge is -2.50. The fourth-order valence-corrected chi connectivity index (χ4v) is 3.44. The Morgan fingerprint density at radius 1 is 1.04 bits per heavy atom. The minimum Gasteiger partial charge on any atom is -0.497 e. The number of nitrogens with zero attached hydrogens (tertiary/aromatic N) is 1. The molecule has 26 heavy (non-hydrogen) atoms. The maximum absolute atomic E-state index is 12.5. The molecule has 1 amide bonds. The van der Waals surface area contributed by atoms with Crippen LogP contribution in [0.4, 0.5) is 0 Å². The average Bonchev–Trinajstić information content (AvgIpc) is 2.69. The Morgan fingerprint density at radius 2 is 1.73 bits per heavy atom. The summed E-state index contributed by atoms with van der Waals surface area (Å²) in [6.07, 6.45) is 1.45. The van der Waals surface area contributed by atoms with Crippen molar-refractivity contribution in [2.75, 3.05) is 14.2 Å². The number of esters is 1. The topological polar surface area (TPSA) is 55.8 Å². The van der Waals surface area contributed by atoms with Gasteiger partial charge in [0.25, 0.3) is 0 Å². The van der Waals surface area contributed by atoms with E-state index < -0.39 is 5.54 Å². The van der Waals surface area contributed by atoms with Gasteiger partial charge >= 0.3 is 5.97 Å². The highest BCUT2D eigenvalue weighted by Gasteiger charge is 2.56. The van der Waals surface area contributed by atoms with E-state index in [-0.39, 0.29) is 18.3 Å². The number of ether oxygens (including phenoxy) is 2. The van der Waals surface area contributed by atoms with Crippen molar-refractivity contribution < 1.29 is 19.1 Å². The molecular weight excluding hydrogens is 330 g/mol. The monoisotopic (exact) mass is 353 g/mol. The van der Waals surface area contributed by atoms with Crippen LogP contribution in [-0.4, -0.2) is 36.5 Å². The van der Waals surface area contributed by atoms with Crippen LogP contribution in [0.15, 0.2) is 54.6 Å². The van der Waals surface area contributed by atoms with Gasteiger partial charge in [0, 0.05) is 6.54 Å². The molecule has 3 rings (SSSR count). The number of amides is 1. The Bertz CT molecular complexity index is 772. The Hall–Kier alpha value is -2.82. The van der Waals surface area contributed by atoms with Gasteiger partial charge in [-0.05, 0) is 36.1 Å². The Kier molecular flexibility index (Phi) is 5.26. The van der Waals surface area contributed by atoms with E-state index in [0.717, 1.165) is 16.9 Å². The van der Waals surface area contributed by atoms with E-state index in [2.05, 4.69) is 0 Å². The Labute approximate surface area is 153 Å². The molecule has 2 aromatic rings. The molecule has 0 aromatic heterocycles. The van der Waals surface area contributed by atoms with Crippen molar-refractivity contribution in [3.63, 3.8) is 0 Å². The molecular formula is C21H23NO4. The van der Waals surface area contributed by atoms with Crippen LogP contribution in [0.2, 0.25) is 0 Å². The van der Waals surface area contributed by atoms with Crippen LogP contribution in [0.1, 0.15) is 24.0 Å². The van der Waals surface area contributed by atoms with Gasteiger partial charge in [-0.25, -0.2) is 4.79 Å². The summed E-state index contributed by atoms with van der Waals surface area (Å²) in [7, 11) is 2.99. The highest BCUT2D eigenvalue weighted by molar-refractivity contribution is 5.99. The molecule has 1 atom stereocenters. The van der Waals surface area contributed by atoms with Crippen LogP contribution in [0.5, 0.6) is 5.75 Å². The van der Waals surface area contributed by atoms with E-state index in [9.17, 15) is 9.59 Å². The molecule has 0 spiro atoms. The SMILES string of the molecule is COC(=O)[C@]1(CCc2ccccc2)CC(=O)N1Cc1ccc(OC)cc1. The second kappa shape index (κ2) is 7.60. The number of β-lactam (4-membered cyclic amide) rings is 1. The maximum atomic E-state index is 12.5. The molecule has 1 aliphatic heterocycles. The summed E-state index contributed by atoms with van der Waals surface area (Å²) in [4.78, 5) is 26.5. The van der Waals surface area contributed by atoms with Crippen LogP contribution in [0.25, 0.3) is 0 Å². The molecule has 5 nitrogen and oxygen atoms in total. The van der Waals surface area contributed by atoms with E-state index in [1.165, 1.54) is 7.11 Å². The quantitative estimate of drug-likeness (QED) is 0.567.